The molecule has 0 radical (unpaired) electrons. The highest BCUT2D eigenvalue weighted by atomic mass is 32.2. The van der Waals surface area contributed by atoms with Crippen molar-refractivity contribution in [1.29, 1.82) is 0 Å². The molecular formula is C28H36FN5O2S. The molecular weight excluding hydrogens is 489 g/mol. The van der Waals surface area contributed by atoms with Crippen molar-refractivity contribution in [3.8, 4) is 0 Å². The molecule has 3 heterocycles. The first-order chi connectivity index (χ1) is 17.8. The zero-order valence-electron chi connectivity index (χ0n) is 21.6. The number of allylic oxidation sites excluding steroid dienone is 4. The van der Waals surface area contributed by atoms with Gasteiger partial charge in [0.2, 0.25) is 10.0 Å². The van der Waals surface area contributed by atoms with Crippen LogP contribution in [0.3, 0.4) is 0 Å². The molecule has 5 atom stereocenters. The number of hydrogen-bond donors (Lipinski definition) is 0. The van der Waals surface area contributed by atoms with E-state index in [1.165, 1.54) is 4.31 Å². The predicted molar refractivity (Wildman–Crippen MR) is 144 cm³/mol. The fourth-order valence-electron chi connectivity index (χ4n) is 6.48. The van der Waals surface area contributed by atoms with Gasteiger partial charge in [0.1, 0.15) is 23.7 Å². The van der Waals surface area contributed by atoms with E-state index >= 15 is 4.39 Å². The fraction of sp³-hybridized carbons (Fsp3) is 0.500. The second kappa shape index (κ2) is 10.5. The first-order valence-corrected chi connectivity index (χ1v) is 14.7. The predicted octanol–water partition coefficient (Wildman–Crippen LogP) is 4.88. The van der Waals surface area contributed by atoms with E-state index < -0.39 is 15.3 Å². The summed E-state index contributed by atoms with van der Waals surface area (Å²) >= 11 is 0. The molecule has 1 aromatic carbocycles. The van der Waals surface area contributed by atoms with E-state index in [1.807, 2.05) is 32.1 Å². The molecule has 7 nitrogen and oxygen atoms in total. The van der Waals surface area contributed by atoms with Gasteiger partial charge in [0, 0.05) is 43.0 Å². The maximum atomic E-state index is 15.4. The summed E-state index contributed by atoms with van der Waals surface area (Å²) in [6.45, 7) is 9.37. The van der Waals surface area contributed by atoms with Crippen LogP contribution < -0.4 is 4.90 Å². The first-order valence-electron chi connectivity index (χ1n) is 13.2. The Labute approximate surface area is 219 Å². The molecule has 9 heteroatoms. The molecule has 0 N–H and O–H groups in total. The summed E-state index contributed by atoms with van der Waals surface area (Å²) in [5.41, 5.74) is 1.94. The highest BCUT2D eigenvalue weighted by Crippen LogP contribution is 2.46. The molecule has 2 saturated heterocycles. The Bertz CT molecular complexity index is 1280. The Balaban J connectivity index is 1.33. The van der Waals surface area contributed by atoms with Gasteiger partial charge in [-0.1, -0.05) is 36.9 Å². The lowest BCUT2D eigenvalue weighted by Gasteiger charge is -2.40. The van der Waals surface area contributed by atoms with Gasteiger partial charge in [0.05, 0.1) is 0 Å². The van der Waals surface area contributed by atoms with E-state index in [4.69, 9.17) is 0 Å². The van der Waals surface area contributed by atoms with Gasteiger partial charge in [0.25, 0.3) is 0 Å². The second-order valence-corrected chi connectivity index (χ2v) is 12.6. The van der Waals surface area contributed by atoms with Gasteiger partial charge in [-0.05, 0) is 69.1 Å². The van der Waals surface area contributed by atoms with Crippen molar-refractivity contribution in [2.24, 2.45) is 11.8 Å². The van der Waals surface area contributed by atoms with E-state index in [2.05, 4.69) is 26.2 Å². The monoisotopic (exact) mass is 525 g/mol. The van der Waals surface area contributed by atoms with E-state index in [0.717, 1.165) is 38.0 Å². The van der Waals surface area contributed by atoms with Gasteiger partial charge in [-0.25, -0.2) is 12.8 Å². The molecule has 5 rings (SSSR count). The molecule has 0 amide bonds. The zero-order valence-corrected chi connectivity index (χ0v) is 22.4. The summed E-state index contributed by atoms with van der Waals surface area (Å²) in [6, 6.07) is 5.48. The maximum Gasteiger partial charge on any atom is 0.221 e. The van der Waals surface area contributed by atoms with Crippen LogP contribution in [0, 0.1) is 17.7 Å². The average molecular weight is 526 g/mol. The molecule has 3 fully saturated rings. The molecule has 3 aliphatic rings. The summed E-state index contributed by atoms with van der Waals surface area (Å²) in [4.78, 5) is 2.27. The van der Waals surface area contributed by atoms with Gasteiger partial charge < -0.3 is 9.47 Å². The van der Waals surface area contributed by atoms with Crippen LogP contribution in [-0.4, -0.2) is 51.9 Å². The molecule has 2 aliphatic heterocycles. The largest absolute Gasteiger partial charge is 0.371 e. The fourth-order valence-corrected chi connectivity index (χ4v) is 8.69. The summed E-state index contributed by atoms with van der Waals surface area (Å²) in [5, 5.41) is 7.30. The molecule has 1 aromatic heterocycles. The van der Waals surface area contributed by atoms with Gasteiger partial charge >= 0.3 is 0 Å². The van der Waals surface area contributed by atoms with E-state index in [9.17, 15) is 8.42 Å². The Morgan fingerprint density at radius 2 is 1.84 bits per heavy atom. The van der Waals surface area contributed by atoms with Gasteiger partial charge in [-0.3, -0.25) is 0 Å². The molecule has 0 spiro atoms. The number of piperidine rings is 1. The van der Waals surface area contributed by atoms with E-state index in [1.54, 1.807) is 36.9 Å². The Hall–Kier alpha value is -2.78. The van der Waals surface area contributed by atoms with Crippen molar-refractivity contribution in [2.75, 3.05) is 18.0 Å². The molecule has 1 saturated carbocycles. The smallest absolute Gasteiger partial charge is 0.221 e. The highest BCUT2D eigenvalue weighted by molar-refractivity contribution is 7.90. The normalized spacial score (nSPS) is 30.2. The summed E-state index contributed by atoms with van der Waals surface area (Å²) in [5.74, 6) is 0.593. The number of halogens is 1. The molecule has 0 unspecified atom stereocenters. The number of sulfonamides is 1. The van der Waals surface area contributed by atoms with Gasteiger partial charge in [-0.2, -0.15) is 4.31 Å². The lowest BCUT2D eigenvalue weighted by molar-refractivity contribution is 0.270. The third-order valence-corrected chi connectivity index (χ3v) is 10.8. The van der Waals surface area contributed by atoms with Gasteiger partial charge in [0.15, 0.2) is 0 Å². The minimum absolute atomic E-state index is 0.0289. The van der Waals surface area contributed by atoms with Crippen molar-refractivity contribution in [2.45, 2.75) is 63.4 Å². The van der Waals surface area contributed by atoms with Gasteiger partial charge in [-0.15, -0.1) is 10.2 Å². The minimum atomic E-state index is -3.66. The summed E-state index contributed by atoms with van der Waals surface area (Å²) < 4.78 is 46.2. The number of nitrogens with zero attached hydrogens (tertiary/aromatic N) is 5. The lowest BCUT2D eigenvalue weighted by Crippen LogP contribution is -2.48. The number of fused-ring (bicyclic) bond motifs is 2. The maximum absolute atomic E-state index is 15.4. The van der Waals surface area contributed by atoms with Crippen LogP contribution >= 0.6 is 0 Å². The summed E-state index contributed by atoms with van der Waals surface area (Å²) in [7, 11) is -3.66. The van der Waals surface area contributed by atoms with Crippen LogP contribution in [0.5, 0.6) is 0 Å². The molecule has 1 aliphatic carbocycles. The Morgan fingerprint density at radius 3 is 2.46 bits per heavy atom. The molecule has 37 heavy (non-hydrogen) atoms. The quantitative estimate of drug-likeness (QED) is 0.482. The summed E-state index contributed by atoms with van der Waals surface area (Å²) in [6.07, 6.45) is 14.2. The van der Waals surface area contributed by atoms with Crippen molar-refractivity contribution < 1.29 is 12.8 Å². The molecule has 2 bridgehead atoms. The number of benzene rings is 1. The average Bonchev–Trinajstić information content (AvgIpc) is 3.49. The Kier molecular flexibility index (Phi) is 7.36. The Morgan fingerprint density at radius 1 is 1.14 bits per heavy atom. The van der Waals surface area contributed by atoms with Crippen molar-refractivity contribution in [1.82, 2.24) is 19.1 Å². The van der Waals surface area contributed by atoms with Crippen molar-refractivity contribution in [3.05, 3.63) is 78.7 Å². The topological polar surface area (TPSA) is 71.3 Å². The molecule has 2 aromatic rings. The van der Waals surface area contributed by atoms with Crippen LogP contribution in [-0.2, 0) is 16.6 Å². The number of aromatic nitrogens is 3. The van der Waals surface area contributed by atoms with Crippen molar-refractivity contribution in [3.63, 3.8) is 0 Å². The SMILES string of the molecule is C=C/C(=C\C=C/C)[C@H]1CC[C@H](C)N(Cc2ccc(N3C[C@H]4CC[C@@H](C3)[C@H]4n3cnnc3)cc2F)S1(=O)=O. The zero-order chi connectivity index (χ0) is 26.2. The van der Waals surface area contributed by atoms with Crippen molar-refractivity contribution >= 4 is 15.7 Å². The van der Waals surface area contributed by atoms with E-state index in [0.29, 0.717) is 35.4 Å². The highest BCUT2D eigenvalue weighted by Gasteiger charge is 2.44. The second-order valence-electron chi connectivity index (χ2n) is 10.6. The van der Waals surface area contributed by atoms with Crippen LogP contribution in [0.15, 0.2) is 67.3 Å². The number of hydrogen-bond acceptors (Lipinski definition) is 5. The van der Waals surface area contributed by atoms with Crippen LogP contribution in [0.2, 0.25) is 0 Å². The first kappa shape index (κ1) is 25.9. The van der Waals surface area contributed by atoms with Crippen LogP contribution in [0.1, 0.15) is 51.1 Å². The number of rotatable bonds is 7. The molecule has 198 valence electrons. The van der Waals surface area contributed by atoms with E-state index in [-0.39, 0.29) is 18.4 Å². The minimum Gasteiger partial charge on any atom is -0.371 e. The third kappa shape index (κ3) is 4.91. The standard InChI is InChI=1S/C28H36FN5O2S/c1-4-6-7-21(5-2)27-13-8-20(3)34(37(27,35)36)17-22-11-12-25(14-26(22)29)32-15-23-9-10-24(16-32)28(23)33-18-30-31-19-33/h4-7,11-12,14,18-20,23-24,27-28H,2,8-10,13,15-17H2,1,3H3/b6-4-,21-7+/t20-,23-,24+,27+,28+/m0/s1. The third-order valence-electron chi connectivity index (χ3n) is 8.41. The van der Waals surface area contributed by atoms with Crippen LogP contribution in [0.25, 0.3) is 0 Å². The lowest BCUT2D eigenvalue weighted by atomic mass is 9.91. The van der Waals surface area contributed by atoms with Crippen LogP contribution in [0.4, 0.5) is 10.1 Å². The number of anilines is 1.